The van der Waals surface area contributed by atoms with E-state index in [4.69, 9.17) is 16.3 Å². The summed E-state index contributed by atoms with van der Waals surface area (Å²) in [5, 5.41) is 23.5. The number of carbonyl (C=O) groups excluding carboxylic acids is 1. The van der Waals surface area contributed by atoms with Crippen molar-refractivity contribution in [1.82, 2.24) is 0 Å². The van der Waals surface area contributed by atoms with Crippen LogP contribution in [0.5, 0.6) is 5.75 Å². The number of non-ortho nitro benzene ring substituents is 1. The number of hydrogen-bond acceptors (Lipinski definition) is 5. The molecular formula is C24H16BrClIN3O4. The number of aryl methyl sites for hydroxylation is 1. The molecule has 0 radical (unpaired) electrons. The number of nitro benzene ring substituents is 1. The van der Waals surface area contributed by atoms with E-state index in [1.807, 2.05) is 13.0 Å². The molecule has 0 saturated carbocycles. The summed E-state index contributed by atoms with van der Waals surface area (Å²) in [6, 6.07) is 16.7. The number of carbonyl (C=O) groups is 1. The van der Waals surface area contributed by atoms with E-state index >= 15 is 0 Å². The number of halogens is 3. The molecule has 0 heterocycles. The fourth-order valence-corrected chi connectivity index (χ4v) is 4.84. The summed E-state index contributed by atoms with van der Waals surface area (Å²) in [5.41, 5.74) is 2.71. The van der Waals surface area contributed by atoms with Crippen LogP contribution < -0.4 is 10.1 Å². The molecule has 7 nitrogen and oxygen atoms in total. The third-order valence-corrected chi connectivity index (χ3v) is 6.30. The molecule has 0 aromatic heterocycles. The zero-order valence-electron chi connectivity index (χ0n) is 17.6. The Morgan fingerprint density at radius 2 is 1.97 bits per heavy atom. The number of nitrogens with zero attached hydrogens (tertiary/aromatic N) is 2. The van der Waals surface area contributed by atoms with Crippen molar-refractivity contribution in [2.24, 2.45) is 0 Å². The molecule has 0 aliphatic rings. The van der Waals surface area contributed by atoms with Crippen LogP contribution in [0.25, 0.3) is 6.08 Å². The van der Waals surface area contributed by atoms with E-state index in [1.54, 1.807) is 42.5 Å². The molecule has 0 saturated heterocycles. The lowest BCUT2D eigenvalue weighted by Gasteiger charge is -2.12. The van der Waals surface area contributed by atoms with Gasteiger partial charge in [0.05, 0.1) is 13.0 Å². The van der Waals surface area contributed by atoms with Crippen LogP contribution in [0.4, 0.5) is 11.4 Å². The molecule has 0 unspecified atom stereocenters. The van der Waals surface area contributed by atoms with E-state index in [2.05, 4.69) is 43.8 Å². The largest absolute Gasteiger partial charge is 0.487 e. The van der Waals surface area contributed by atoms with Crippen molar-refractivity contribution in [3.63, 3.8) is 0 Å². The highest BCUT2D eigenvalue weighted by Crippen LogP contribution is 2.33. The minimum atomic E-state index is -0.544. The predicted molar refractivity (Wildman–Crippen MR) is 143 cm³/mol. The molecule has 172 valence electrons. The molecule has 34 heavy (non-hydrogen) atoms. The Labute approximate surface area is 222 Å². The van der Waals surface area contributed by atoms with E-state index in [0.29, 0.717) is 26.5 Å². The summed E-state index contributed by atoms with van der Waals surface area (Å²) < 4.78 is 7.28. The molecule has 10 heteroatoms. The highest BCUT2D eigenvalue weighted by atomic mass is 127. The number of anilines is 1. The Balaban J connectivity index is 1.76. The Morgan fingerprint density at radius 3 is 2.59 bits per heavy atom. The molecule has 3 aromatic rings. The summed E-state index contributed by atoms with van der Waals surface area (Å²) in [6.07, 6.45) is 1.49. The summed E-state index contributed by atoms with van der Waals surface area (Å²) in [7, 11) is 0. The van der Waals surface area contributed by atoms with Gasteiger partial charge in [-0.2, -0.15) is 5.26 Å². The summed E-state index contributed by atoms with van der Waals surface area (Å²) >= 11 is 11.6. The second kappa shape index (κ2) is 11.5. The zero-order chi connectivity index (χ0) is 24.8. The van der Waals surface area contributed by atoms with Crippen LogP contribution in [-0.4, -0.2) is 10.8 Å². The van der Waals surface area contributed by atoms with Crippen molar-refractivity contribution >= 4 is 73.5 Å². The number of ether oxygens (including phenoxy) is 1. The van der Waals surface area contributed by atoms with Gasteiger partial charge in [0, 0.05) is 22.8 Å². The van der Waals surface area contributed by atoms with Gasteiger partial charge in [-0.25, -0.2) is 0 Å². The van der Waals surface area contributed by atoms with Crippen LogP contribution >= 0.6 is 50.1 Å². The predicted octanol–water partition coefficient (Wildman–Crippen LogP) is 7.05. The Hall–Kier alpha value is -2.94. The molecule has 0 spiro atoms. The third-order valence-electron chi connectivity index (χ3n) is 4.67. The maximum Gasteiger partial charge on any atom is 0.269 e. The smallest absolute Gasteiger partial charge is 0.269 e. The van der Waals surface area contributed by atoms with Crippen molar-refractivity contribution < 1.29 is 14.5 Å². The van der Waals surface area contributed by atoms with Gasteiger partial charge < -0.3 is 10.1 Å². The van der Waals surface area contributed by atoms with E-state index in [9.17, 15) is 20.2 Å². The van der Waals surface area contributed by atoms with E-state index in [-0.39, 0.29) is 17.9 Å². The van der Waals surface area contributed by atoms with Crippen LogP contribution in [0, 0.1) is 31.9 Å². The second-order valence-electron chi connectivity index (χ2n) is 7.11. The van der Waals surface area contributed by atoms with Gasteiger partial charge in [0.2, 0.25) is 0 Å². The third kappa shape index (κ3) is 6.56. The first kappa shape index (κ1) is 25.7. The van der Waals surface area contributed by atoms with E-state index in [1.165, 1.54) is 18.2 Å². The number of nitrogens with one attached hydrogen (secondary N) is 1. The maximum atomic E-state index is 12.6. The summed E-state index contributed by atoms with van der Waals surface area (Å²) in [6.45, 7) is 2.04. The number of amides is 1. The van der Waals surface area contributed by atoms with Crippen LogP contribution in [0.2, 0.25) is 5.02 Å². The quantitative estimate of drug-likeness (QED) is 0.0969. The van der Waals surface area contributed by atoms with Crippen LogP contribution in [0.15, 0.2) is 64.6 Å². The number of rotatable bonds is 7. The first-order chi connectivity index (χ1) is 16.2. The first-order valence-electron chi connectivity index (χ1n) is 9.72. The Morgan fingerprint density at radius 1 is 1.26 bits per heavy atom. The number of benzene rings is 3. The topological polar surface area (TPSA) is 105 Å². The average molecular weight is 653 g/mol. The average Bonchev–Trinajstić information content (AvgIpc) is 2.79. The van der Waals surface area contributed by atoms with Gasteiger partial charge in [-0.15, -0.1) is 0 Å². The van der Waals surface area contributed by atoms with Gasteiger partial charge in [0.25, 0.3) is 11.6 Å². The number of hydrogen-bond donors (Lipinski definition) is 1. The lowest BCUT2D eigenvalue weighted by Crippen LogP contribution is -2.14. The van der Waals surface area contributed by atoms with Crippen molar-refractivity contribution in [1.29, 1.82) is 5.26 Å². The highest BCUT2D eigenvalue weighted by molar-refractivity contribution is 14.1. The monoisotopic (exact) mass is 651 g/mol. The van der Waals surface area contributed by atoms with Crippen molar-refractivity contribution in [2.75, 3.05) is 5.32 Å². The molecule has 3 aromatic carbocycles. The molecule has 0 fully saturated rings. The highest BCUT2D eigenvalue weighted by Gasteiger charge is 2.14. The molecule has 1 amide bonds. The first-order valence-corrected chi connectivity index (χ1v) is 12.0. The van der Waals surface area contributed by atoms with Gasteiger partial charge in [0.1, 0.15) is 24.0 Å². The molecule has 1 N–H and O–H groups in total. The minimum absolute atomic E-state index is 0.0125. The maximum absolute atomic E-state index is 12.6. The van der Waals surface area contributed by atoms with Crippen LogP contribution in [0.3, 0.4) is 0 Å². The van der Waals surface area contributed by atoms with Crippen molar-refractivity contribution in [3.05, 3.63) is 100 Å². The molecule has 0 aliphatic heterocycles. The standard InChI is InChI=1S/C24H16BrClIN3O4/c1-14-2-5-18(26)11-22(14)29-24(31)17(12-28)8-16-9-20(25)23(21(27)10-16)34-13-15-3-6-19(7-4-15)30(32)33/h2-11H,13H2,1H3,(H,29,31)/b17-8+. The number of nitriles is 1. The zero-order valence-corrected chi connectivity index (χ0v) is 22.1. The van der Waals surface area contributed by atoms with Gasteiger partial charge >= 0.3 is 0 Å². The minimum Gasteiger partial charge on any atom is -0.487 e. The normalized spacial score (nSPS) is 11.0. The van der Waals surface area contributed by atoms with Crippen LogP contribution in [-0.2, 0) is 11.4 Å². The molecule has 3 rings (SSSR count). The molecular weight excluding hydrogens is 637 g/mol. The van der Waals surface area contributed by atoms with Gasteiger partial charge in [-0.05, 0) is 105 Å². The second-order valence-corrected chi connectivity index (χ2v) is 9.56. The summed E-state index contributed by atoms with van der Waals surface area (Å²) in [4.78, 5) is 23.0. The van der Waals surface area contributed by atoms with Crippen molar-refractivity contribution in [2.45, 2.75) is 13.5 Å². The van der Waals surface area contributed by atoms with Crippen LogP contribution in [0.1, 0.15) is 16.7 Å². The lowest BCUT2D eigenvalue weighted by molar-refractivity contribution is -0.384. The van der Waals surface area contributed by atoms with E-state index < -0.39 is 10.8 Å². The fraction of sp³-hybridized carbons (Fsp3) is 0.0833. The molecule has 0 aliphatic carbocycles. The number of nitro groups is 1. The fourth-order valence-electron chi connectivity index (χ4n) is 2.90. The van der Waals surface area contributed by atoms with Crippen molar-refractivity contribution in [3.8, 4) is 11.8 Å². The SMILES string of the molecule is Cc1ccc(Cl)cc1NC(=O)/C(C#N)=C/c1cc(Br)c(OCc2ccc([N+](=O)[O-])cc2)c(I)c1. The summed E-state index contributed by atoms with van der Waals surface area (Å²) in [5.74, 6) is 0.0334. The lowest BCUT2D eigenvalue weighted by atomic mass is 10.1. The Kier molecular flexibility index (Phi) is 8.66. The van der Waals surface area contributed by atoms with Gasteiger partial charge in [-0.3, -0.25) is 14.9 Å². The van der Waals surface area contributed by atoms with E-state index in [0.717, 1.165) is 14.7 Å². The molecule has 0 bridgehead atoms. The van der Waals surface area contributed by atoms with Gasteiger partial charge in [0.15, 0.2) is 0 Å². The molecule has 0 atom stereocenters. The van der Waals surface area contributed by atoms with Gasteiger partial charge in [-0.1, -0.05) is 17.7 Å². The Bertz CT molecular complexity index is 1310.